The maximum atomic E-state index is 13.4. The predicted molar refractivity (Wildman–Crippen MR) is 116 cm³/mol. The van der Waals surface area contributed by atoms with E-state index in [9.17, 15) is 4.79 Å². The highest BCUT2D eigenvalue weighted by atomic mass is 35.5. The second-order valence-electron chi connectivity index (χ2n) is 7.84. The van der Waals surface area contributed by atoms with Gasteiger partial charge in [-0.05, 0) is 31.4 Å². The van der Waals surface area contributed by atoms with Crippen molar-refractivity contribution >= 4 is 28.3 Å². The van der Waals surface area contributed by atoms with Crippen molar-refractivity contribution in [1.29, 1.82) is 0 Å². The first kappa shape index (κ1) is 19.8. The van der Waals surface area contributed by atoms with Gasteiger partial charge in [0.25, 0.3) is 0 Å². The molecule has 0 spiro atoms. The zero-order valence-electron chi connectivity index (χ0n) is 17.1. The van der Waals surface area contributed by atoms with Crippen LogP contribution >= 0.6 is 11.6 Å². The van der Waals surface area contributed by atoms with Gasteiger partial charge in [0.05, 0.1) is 22.3 Å². The Kier molecular flexibility index (Phi) is 5.27. The van der Waals surface area contributed by atoms with Crippen LogP contribution in [0.1, 0.15) is 37.9 Å². The number of hydrogen-bond acceptors (Lipinski definition) is 6. The van der Waals surface area contributed by atoms with Crippen molar-refractivity contribution in [2.24, 2.45) is 0 Å². The number of aromatic nitrogens is 4. The second kappa shape index (κ2) is 7.72. The van der Waals surface area contributed by atoms with Crippen LogP contribution in [0, 0.1) is 6.92 Å². The molecule has 0 amide bonds. The molecule has 152 valence electrons. The molecular formula is C21H25ClN6O. The summed E-state index contributed by atoms with van der Waals surface area (Å²) in [5.41, 5.74) is 2.95. The third kappa shape index (κ3) is 3.49. The van der Waals surface area contributed by atoms with E-state index in [2.05, 4.69) is 45.9 Å². The fourth-order valence-corrected chi connectivity index (χ4v) is 4.11. The van der Waals surface area contributed by atoms with Crippen LogP contribution in [0.15, 0.2) is 29.3 Å². The Bertz CT molecular complexity index is 1130. The summed E-state index contributed by atoms with van der Waals surface area (Å²) in [5.74, 6) is 0.809. The van der Waals surface area contributed by atoms with Crippen LogP contribution in [0.2, 0.25) is 5.15 Å². The Morgan fingerprint density at radius 3 is 2.83 bits per heavy atom. The first-order valence-electron chi connectivity index (χ1n) is 9.90. The summed E-state index contributed by atoms with van der Waals surface area (Å²) in [6, 6.07) is 3.87. The minimum absolute atomic E-state index is 0.150. The van der Waals surface area contributed by atoms with E-state index in [1.165, 1.54) is 0 Å². The molecule has 0 bridgehead atoms. The van der Waals surface area contributed by atoms with Crippen LogP contribution in [0.4, 0.5) is 5.82 Å². The van der Waals surface area contributed by atoms with Crippen LogP contribution in [-0.2, 0) is 0 Å². The summed E-state index contributed by atoms with van der Waals surface area (Å²) < 4.78 is 1.64. The molecule has 1 fully saturated rings. The van der Waals surface area contributed by atoms with Gasteiger partial charge in [-0.25, -0.2) is 9.78 Å². The highest BCUT2D eigenvalue weighted by Gasteiger charge is 2.25. The fourth-order valence-electron chi connectivity index (χ4n) is 3.96. The molecule has 0 aliphatic carbocycles. The van der Waals surface area contributed by atoms with E-state index >= 15 is 0 Å². The van der Waals surface area contributed by atoms with Crippen LogP contribution in [-0.4, -0.2) is 45.2 Å². The number of aryl methyl sites for hydroxylation is 1. The molecule has 0 aromatic carbocycles. The van der Waals surface area contributed by atoms with Crippen molar-refractivity contribution in [2.45, 2.75) is 39.7 Å². The summed E-state index contributed by atoms with van der Waals surface area (Å²) in [6.07, 6.45) is 3.49. The molecule has 0 unspecified atom stereocenters. The van der Waals surface area contributed by atoms with Gasteiger partial charge in [-0.3, -0.25) is 9.55 Å². The third-order valence-corrected chi connectivity index (χ3v) is 5.63. The Balaban J connectivity index is 2.06. The van der Waals surface area contributed by atoms with E-state index in [4.69, 9.17) is 11.6 Å². The van der Waals surface area contributed by atoms with Gasteiger partial charge in [-0.2, -0.15) is 4.98 Å². The van der Waals surface area contributed by atoms with E-state index in [-0.39, 0.29) is 17.6 Å². The lowest BCUT2D eigenvalue weighted by Crippen LogP contribution is -2.50. The van der Waals surface area contributed by atoms with Gasteiger partial charge >= 0.3 is 5.69 Å². The SMILES string of the molecule is Cc1ccnc(C(C)C)c1-n1c(=O)nc(N2CCNC[C@@H]2C)c2cnc(Cl)cc21. The number of halogens is 1. The lowest BCUT2D eigenvalue weighted by Gasteiger charge is -2.35. The summed E-state index contributed by atoms with van der Waals surface area (Å²) in [6.45, 7) is 10.7. The van der Waals surface area contributed by atoms with Crippen molar-refractivity contribution < 1.29 is 0 Å². The quantitative estimate of drug-likeness (QED) is 0.666. The van der Waals surface area contributed by atoms with Crippen LogP contribution in [0.25, 0.3) is 16.6 Å². The largest absolute Gasteiger partial charge is 0.354 e. The molecule has 3 aromatic heterocycles. The first-order valence-corrected chi connectivity index (χ1v) is 10.3. The number of rotatable bonds is 3. The fraction of sp³-hybridized carbons (Fsp3) is 0.429. The molecule has 0 radical (unpaired) electrons. The molecule has 4 rings (SSSR count). The lowest BCUT2D eigenvalue weighted by molar-refractivity contribution is 0.497. The Morgan fingerprint density at radius 1 is 1.31 bits per heavy atom. The van der Waals surface area contributed by atoms with E-state index < -0.39 is 0 Å². The average Bonchev–Trinajstić information content (AvgIpc) is 2.68. The Morgan fingerprint density at radius 2 is 2.10 bits per heavy atom. The van der Waals surface area contributed by atoms with Gasteiger partial charge in [0.2, 0.25) is 0 Å². The van der Waals surface area contributed by atoms with Gasteiger partial charge in [-0.1, -0.05) is 25.4 Å². The molecule has 4 heterocycles. The highest BCUT2D eigenvalue weighted by Crippen LogP contribution is 2.30. The van der Waals surface area contributed by atoms with Crippen molar-refractivity contribution in [2.75, 3.05) is 24.5 Å². The van der Waals surface area contributed by atoms with Gasteiger partial charge in [0, 0.05) is 44.1 Å². The molecule has 8 heteroatoms. The van der Waals surface area contributed by atoms with Crippen LogP contribution in [0.5, 0.6) is 0 Å². The van der Waals surface area contributed by atoms with Gasteiger partial charge < -0.3 is 10.2 Å². The van der Waals surface area contributed by atoms with Gasteiger partial charge in [0.15, 0.2) is 0 Å². The Hall–Kier alpha value is -2.51. The molecule has 1 aliphatic rings. The molecule has 1 saturated heterocycles. The van der Waals surface area contributed by atoms with E-state index in [0.29, 0.717) is 16.5 Å². The van der Waals surface area contributed by atoms with Crippen LogP contribution in [0.3, 0.4) is 0 Å². The molecular weight excluding hydrogens is 388 g/mol. The summed E-state index contributed by atoms with van der Waals surface area (Å²) in [4.78, 5) is 28.9. The number of anilines is 1. The lowest BCUT2D eigenvalue weighted by atomic mass is 10.0. The average molecular weight is 413 g/mol. The van der Waals surface area contributed by atoms with Crippen molar-refractivity contribution in [3.63, 3.8) is 0 Å². The molecule has 7 nitrogen and oxygen atoms in total. The summed E-state index contributed by atoms with van der Waals surface area (Å²) >= 11 is 6.25. The normalized spacial score (nSPS) is 17.3. The molecule has 29 heavy (non-hydrogen) atoms. The maximum absolute atomic E-state index is 13.4. The number of hydrogen-bond donors (Lipinski definition) is 1. The topological polar surface area (TPSA) is 75.9 Å². The van der Waals surface area contributed by atoms with Crippen molar-refractivity contribution in [1.82, 2.24) is 24.8 Å². The number of pyridine rings is 2. The maximum Gasteiger partial charge on any atom is 0.354 e. The van der Waals surface area contributed by atoms with E-state index in [1.807, 2.05) is 13.0 Å². The van der Waals surface area contributed by atoms with Crippen molar-refractivity contribution in [3.8, 4) is 5.69 Å². The highest BCUT2D eigenvalue weighted by molar-refractivity contribution is 6.30. The Labute approximate surface area is 174 Å². The molecule has 3 aromatic rings. The number of nitrogens with one attached hydrogen (secondary N) is 1. The second-order valence-corrected chi connectivity index (χ2v) is 8.23. The number of nitrogens with zero attached hydrogens (tertiary/aromatic N) is 5. The minimum atomic E-state index is -0.335. The first-order chi connectivity index (χ1) is 13.9. The molecule has 0 saturated carbocycles. The summed E-state index contributed by atoms with van der Waals surface area (Å²) in [5, 5.41) is 4.52. The third-order valence-electron chi connectivity index (χ3n) is 5.42. The van der Waals surface area contributed by atoms with E-state index in [1.54, 1.807) is 23.0 Å². The zero-order valence-corrected chi connectivity index (χ0v) is 17.9. The van der Waals surface area contributed by atoms with Crippen molar-refractivity contribution in [3.05, 3.63) is 51.4 Å². The molecule has 1 atom stereocenters. The zero-order chi connectivity index (χ0) is 20.7. The molecule has 1 aliphatic heterocycles. The van der Waals surface area contributed by atoms with E-state index in [0.717, 1.165) is 42.0 Å². The monoisotopic (exact) mass is 412 g/mol. The van der Waals surface area contributed by atoms with Gasteiger partial charge in [-0.15, -0.1) is 0 Å². The van der Waals surface area contributed by atoms with Gasteiger partial charge in [0.1, 0.15) is 11.0 Å². The van der Waals surface area contributed by atoms with Crippen LogP contribution < -0.4 is 15.9 Å². The number of piperazine rings is 1. The minimum Gasteiger partial charge on any atom is -0.351 e. The number of fused-ring (bicyclic) bond motifs is 1. The standard InChI is InChI=1S/C21H25ClN6O/c1-12(2)18-19(13(3)5-6-24-18)28-16-9-17(22)25-11-15(16)20(26-21(28)29)27-8-7-23-10-14(27)4/h5-6,9,11-12,14,23H,7-8,10H2,1-4H3/t14-/m0/s1. The smallest absolute Gasteiger partial charge is 0.351 e. The molecule has 1 N–H and O–H groups in total. The summed E-state index contributed by atoms with van der Waals surface area (Å²) in [7, 11) is 0. The predicted octanol–water partition coefficient (Wildman–Crippen LogP) is 3.06.